The molecule has 7 nitrogen and oxygen atoms in total. The first-order chi connectivity index (χ1) is 18.1. The summed E-state index contributed by atoms with van der Waals surface area (Å²) in [7, 11) is 0. The number of fused-ring (bicyclic) bond motifs is 1. The molecule has 5 aromatic rings. The third-order valence-corrected chi connectivity index (χ3v) is 5.96. The van der Waals surface area contributed by atoms with E-state index in [4.69, 9.17) is 9.84 Å². The van der Waals surface area contributed by atoms with E-state index in [1.165, 1.54) is 0 Å². The van der Waals surface area contributed by atoms with E-state index in [1.54, 1.807) is 29.0 Å². The number of hydrogen-bond donors (Lipinski definition) is 1. The molecule has 0 aliphatic rings. The molecular weight excluding hydrogens is 462 g/mol. The lowest BCUT2D eigenvalue weighted by atomic mass is 10.0. The number of aromatic amines is 1. The monoisotopic (exact) mass is 487 g/mol. The average Bonchev–Trinajstić information content (AvgIpc) is 3.35. The van der Waals surface area contributed by atoms with Crippen LogP contribution < -0.4 is 10.3 Å². The highest BCUT2D eigenvalue weighted by Crippen LogP contribution is 2.30. The number of aryl methyl sites for hydroxylation is 1. The van der Waals surface area contributed by atoms with Crippen molar-refractivity contribution in [2.45, 2.75) is 20.3 Å². The summed E-state index contributed by atoms with van der Waals surface area (Å²) in [5, 5.41) is 15.4. The first-order valence-electron chi connectivity index (χ1n) is 12.1. The number of nitriles is 1. The van der Waals surface area contributed by atoms with Crippen molar-refractivity contribution in [3.8, 4) is 28.8 Å². The highest BCUT2D eigenvalue weighted by Gasteiger charge is 2.15. The second-order valence-corrected chi connectivity index (χ2v) is 8.64. The number of aromatic nitrogens is 4. The lowest BCUT2D eigenvalue weighted by Gasteiger charge is -2.09. The van der Waals surface area contributed by atoms with E-state index in [-0.39, 0.29) is 17.0 Å². The predicted molar refractivity (Wildman–Crippen MR) is 145 cm³/mol. The Morgan fingerprint density at radius 3 is 2.65 bits per heavy atom. The quantitative estimate of drug-likeness (QED) is 0.287. The molecule has 182 valence electrons. The minimum absolute atomic E-state index is 0.212. The molecule has 0 saturated heterocycles. The average molecular weight is 488 g/mol. The number of para-hydroxylation sites is 2. The van der Waals surface area contributed by atoms with E-state index >= 15 is 0 Å². The highest BCUT2D eigenvalue weighted by atomic mass is 16.5. The lowest BCUT2D eigenvalue weighted by molar-refractivity contribution is 0.315. The second kappa shape index (κ2) is 10.3. The molecule has 1 N–H and O–H groups in total. The summed E-state index contributed by atoms with van der Waals surface area (Å²) in [6.45, 7) is 4.73. The minimum Gasteiger partial charge on any atom is -0.493 e. The molecule has 7 heteroatoms. The number of rotatable bonds is 7. The van der Waals surface area contributed by atoms with Gasteiger partial charge in [0, 0.05) is 17.3 Å². The van der Waals surface area contributed by atoms with E-state index in [0.717, 1.165) is 34.5 Å². The van der Waals surface area contributed by atoms with Crippen LogP contribution in [0.3, 0.4) is 0 Å². The van der Waals surface area contributed by atoms with E-state index in [9.17, 15) is 10.1 Å². The van der Waals surface area contributed by atoms with Crippen molar-refractivity contribution in [3.05, 3.63) is 106 Å². The van der Waals surface area contributed by atoms with Crippen LogP contribution in [0, 0.1) is 18.3 Å². The zero-order chi connectivity index (χ0) is 25.8. The summed E-state index contributed by atoms with van der Waals surface area (Å²) in [5.41, 5.74) is 4.66. The lowest BCUT2D eigenvalue weighted by Crippen LogP contribution is -2.11. The summed E-state index contributed by atoms with van der Waals surface area (Å²) in [4.78, 5) is 19.9. The van der Waals surface area contributed by atoms with Crippen molar-refractivity contribution < 1.29 is 4.74 Å². The summed E-state index contributed by atoms with van der Waals surface area (Å²) >= 11 is 0. The standard InChI is InChI=1S/C30H25N5O2/c1-3-15-37-27-14-13-21(16-20(27)2)28-23(19-35(34-28)24-9-5-4-6-10-24)17-22(18-31)29-32-26-12-8-7-11-25(26)30(36)33-29/h4-14,16-17,19H,3,15H2,1-2H3,(H,32,33,36). The molecule has 5 rings (SSSR count). The number of hydrogen-bond acceptors (Lipinski definition) is 5. The van der Waals surface area contributed by atoms with Crippen molar-refractivity contribution in [2.24, 2.45) is 0 Å². The SMILES string of the molecule is CCCOc1ccc(-c2nn(-c3ccccc3)cc2C=C(C#N)c2nc3ccccc3c(=O)[nH]2)cc1C. The summed E-state index contributed by atoms with van der Waals surface area (Å²) in [6, 6.07) is 25.0. The van der Waals surface area contributed by atoms with E-state index in [2.05, 4.69) is 23.0 Å². The van der Waals surface area contributed by atoms with Crippen LogP contribution in [0.4, 0.5) is 0 Å². The molecule has 0 radical (unpaired) electrons. The van der Waals surface area contributed by atoms with Gasteiger partial charge < -0.3 is 9.72 Å². The third kappa shape index (κ3) is 4.91. The number of benzene rings is 3. The molecule has 0 aliphatic heterocycles. The molecule has 0 spiro atoms. The Bertz CT molecular complexity index is 1710. The Labute approximate surface area is 214 Å². The van der Waals surface area contributed by atoms with Crippen LogP contribution >= 0.6 is 0 Å². The zero-order valence-electron chi connectivity index (χ0n) is 20.6. The van der Waals surface area contributed by atoms with E-state index < -0.39 is 0 Å². The topological polar surface area (TPSA) is 96.6 Å². The molecule has 2 aromatic heterocycles. The third-order valence-electron chi connectivity index (χ3n) is 5.96. The van der Waals surface area contributed by atoms with Crippen molar-refractivity contribution in [3.63, 3.8) is 0 Å². The van der Waals surface area contributed by atoms with Crippen LogP contribution in [0.25, 0.3) is 39.5 Å². The molecule has 2 heterocycles. The fourth-order valence-corrected chi connectivity index (χ4v) is 4.12. The van der Waals surface area contributed by atoms with E-state index in [0.29, 0.717) is 23.2 Å². The van der Waals surface area contributed by atoms with Gasteiger partial charge in [-0.1, -0.05) is 37.3 Å². The van der Waals surface area contributed by atoms with Gasteiger partial charge >= 0.3 is 0 Å². The number of nitrogens with one attached hydrogen (secondary N) is 1. The number of allylic oxidation sites excluding steroid dienone is 1. The van der Waals surface area contributed by atoms with Crippen LogP contribution in [-0.4, -0.2) is 26.4 Å². The van der Waals surface area contributed by atoms with Gasteiger partial charge in [-0.25, -0.2) is 9.67 Å². The zero-order valence-corrected chi connectivity index (χ0v) is 20.6. The van der Waals surface area contributed by atoms with Crippen LogP contribution in [-0.2, 0) is 0 Å². The van der Waals surface area contributed by atoms with Gasteiger partial charge in [0.25, 0.3) is 5.56 Å². The largest absolute Gasteiger partial charge is 0.493 e. The maximum Gasteiger partial charge on any atom is 0.259 e. The van der Waals surface area contributed by atoms with Crippen LogP contribution in [0.1, 0.15) is 30.3 Å². The van der Waals surface area contributed by atoms with Gasteiger partial charge in [0.05, 0.1) is 28.8 Å². The molecule has 3 aromatic carbocycles. The smallest absolute Gasteiger partial charge is 0.259 e. The van der Waals surface area contributed by atoms with Crippen molar-refractivity contribution in [1.29, 1.82) is 5.26 Å². The maximum atomic E-state index is 12.6. The van der Waals surface area contributed by atoms with Crippen molar-refractivity contribution in [1.82, 2.24) is 19.7 Å². The fourth-order valence-electron chi connectivity index (χ4n) is 4.12. The molecule has 0 fully saturated rings. The van der Waals surface area contributed by atoms with Gasteiger partial charge in [-0.2, -0.15) is 10.4 Å². The Morgan fingerprint density at radius 1 is 1.11 bits per heavy atom. The van der Waals surface area contributed by atoms with Gasteiger partial charge in [-0.15, -0.1) is 0 Å². The summed E-state index contributed by atoms with van der Waals surface area (Å²) < 4.78 is 7.63. The van der Waals surface area contributed by atoms with Gasteiger partial charge in [0.2, 0.25) is 0 Å². The Balaban J connectivity index is 1.65. The molecule has 0 unspecified atom stereocenters. The molecule has 0 saturated carbocycles. The van der Waals surface area contributed by atoms with E-state index in [1.807, 2.05) is 67.7 Å². The van der Waals surface area contributed by atoms with Crippen LogP contribution in [0.2, 0.25) is 0 Å². The van der Waals surface area contributed by atoms with Crippen molar-refractivity contribution >= 4 is 22.6 Å². The van der Waals surface area contributed by atoms with Gasteiger partial charge in [-0.3, -0.25) is 4.79 Å². The first-order valence-corrected chi connectivity index (χ1v) is 12.1. The van der Waals surface area contributed by atoms with Crippen LogP contribution in [0.15, 0.2) is 83.8 Å². The molecule has 37 heavy (non-hydrogen) atoms. The minimum atomic E-state index is -0.291. The van der Waals surface area contributed by atoms with Gasteiger partial charge in [-0.05, 0) is 67.4 Å². The fraction of sp³-hybridized carbons (Fsp3) is 0.133. The molecule has 0 amide bonds. The second-order valence-electron chi connectivity index (χ2n) is 8.64. The highest BCUT2D eigenvalue weighted by molar-refractivity contribution is 5.91. The number of H-pyrrole nitrogens is 1. The molecule has 0 aliphatic carbocycles. The first kappa shape index (κ1) is 23.8. The van der Waals surface area contributed by atoms with Gasteiger partial charge in [0.1, 0.15) is 17.5 Å². The Hall–Kier alpha value is -4.96. The predicted octanol–water partition coefficient (Wildman–Crippen LogP) is 5.94. The molecule has 0 atom stereocenters. The summed E-state index contributed by atoms with van der Waals surface area (Å²) in [6.07, 6.45) is 4.52. The molecular formula is C30H25N5O2. The molecule has 0 bridgehead atoms. The Morgan fingerprint density at radius 2 is 1.89 bits per heavy atom. The van der Waals surface area contributed by atoms with Gasteiger partial charge in [0.15, 0.2) is 5.82 Å². The normalized spacial score (nSPS) is 11.4. The maximum absolute atomic E-state index is 12.6. The van der Waals surface area contributed by atoms with Crippen LogP contribution in [0.5, 0.6) is 5.75 Å². The summed E-state index contributed by atoms with van der Waals surface area (Å²) in [5.74, 6) is 1.05. The Kier molecular flexibility index (Phi) is 6.64. The number of ether oxygens (including phenoxy) is 1. The number of nitrogens with zero attached hydrogens (tertiary/aromatic N) is 4. The van der Waals surface area contributed by atoms with Crippen molar-refractivity contribution in [2.75, 3.05) is 6.61 Å².